The lowest BCUT2D eigenvalue weighted by Gasteiger charge is -2.28. The molecule has 1 saturated heterocycles. The second-order valence-corrected chi connectivity index (χ2v) is 7.59. The fourth-order valence-corrected chi connectivity index (χ4v) is 3.62. The Morgan fingerprint density at radius 1 is 1.06 bits per heavy atom. The average Bonchev–Trinajstić information content (AvgIpc) is 2.80. The van der Waals surface area contributed by atoms with Crippen molar-refractivity contribution in [3.8, 4) is 11.1 Å². The van der Waals surface area contributed by atoms with E-state index in [4.69, 9.17) is 4.74 Å². The molecule has 4 rings (SSSR count). The van der Waals surface area contributed by atoms with Gasteiger partial charge in [-0.15, -0.1) is 0 Å². The molecule has 0 radical (unpaired) electrons. The van der Waals surface area contributed by atoms with E-state index in [1.54, 1.807) is 18.3 Å². The van der Waals surface area contributed by atoms with Gasteiger partial charge in [-0.05, 0) is 54.4 Å². The summed E-state index contributed by atoms with van der Waals surface area (Å²) in [6, 6.07) is 11.8. The lowest BCUT2D eigenvalue weighted by atomic mass is 10.0. The average molecular weight is 441 g/mol. The van der Waals surface area contributed by atoms with Crippen molar-refractivity contribution in [1.29, 1.82) is 0 Å². The number of amides is 1. The number of aromatic nitrogens is 1. The fraction of sp³-hybridized carbons (Fsp3) is 0.250. The number of carbonyl (C=O) groups is 1. The van der Waals surface area contributed by atoms with Crippen LogP contribution in [0.2, 0.25) is 0 Å². The summed E-state index contributed by atoms with van der Waals surface area (Å²) in [6.45, 7) is 4.87. The summed E-state index contributed by atoms with van der Waals surface area (Å²) in [5.41, 5.74) is 3.33. The molecule has 2 aromatic carbocycles. The van der Waals surface area contributed by atoms with Crippen molar-refractivity contribution < 1.29 is 22.7 Å². The van der Waals surface area contributed by atoms with E-state index < -0.39 is 17.6 Å². The highest BCUT2D eigenvalue weighted by Gasteiger charge is 2.30. The molecule has 3 aromatic rings. The van der Waals surface area contributed by atoms with Crippen molar-refractivity contribution >= 4 is 17.3 Å². The first-order valence-corrected chi connectivity index (χ1v) is 10.2. The molecular formula is C24H22F3N3O2. The third-order valence-corrected chi connectivity index (χ3v) is 5.36. The Balaban J connectivity index is 1.58. The Morgan fingerprint density at radius 2 is 1.84 bits per heavy atom. The maximum atomic E-state index is 13.0. The molecule has 1 amide bonds. The highest BCUT2D eigenvalue weighted by atomic mass is 19.4. The maximum Gasteiger partial charge on any atom is 0.416 e. The van der Waals surface area contributed by atoms with Gasteiger partial charge in [0, 0.05) is 36.1 Å². The van der Waals surface area contributed by atoms with Crippen LogP contribution in [0.4, 0.5) is 24.5 Å². The highest BCUT2D eigenvalue weighted by Crippen LogP contribution is 2.31. The lowest BCUT2D eigenvalue weighted by molar-refractivity contribution is -0.137. The van der Waals surface area contributed by atoms with E-state index in [-0.39, 0.29) is 5.56 Å². The maximum absolute atomic E-state index is 13.0. The number of nitrogens with zero attached hydrogens (tertiary/aromatic N) is 2. The van der Waals surface area contributed by atoms with Crippen molar-refractivity contribution in [3.05, 3.63) is 77.6 Å². The molecule has 0 spiro atoms. The molecule has 8 heteroatoms. The van der Waals surface area contributed by atoms with Crippen molar-refractivity contribution in [3.63, 3.8) is 0 Å². The van der Waals surface area contributed by atoms with Gasteiger partial charge in [-0.25, -0.2) is 0 Å². The predicted molar refractivity (Wildman–Crippen MR) is 117 cm³/mol. The van der Waals surface area contributed by atoms with E-state index in [1.807, 2.05) is 25.3 Å². The number of pyridine rings is 1. The topological polar surface area (TPSA) is 54.5 Å². The van der Waals surface area contributed by atoms with Crippen LogP contribution in [0.5, 0.6) is 0 Å². The number of nitrogens with one attached hydrogen (secondary N) is 1. The zero-order chi connectivity index (χ0) is 22.7. The van der Waals surface area contributed by atoms with Crippen molar-refractivity contribution in [1.82, 2.24) is 4.98 Å². The van der Waals surface area contributed by atoms with Crippen molar-refractivity contribution in [2.24, 2.45) is 0 Å². The van der Waals surface area contributed by atoms with Gasteiger partial charge in [0.15, 0.2) is 0 Å². The van der Waals surface area contributed by atoms with E-state index in [1.165, 1.54) is 12.1 Å². The third kappa shape index (κ3) is 4.91. The number of benzene rings is 2. The van der Waals surface area contributed by atoms with E-state index in [0.717, 1.165) is 47.6 Å². The molecule has 1 aromatic heterocycles. The van der Waals surface area contributed by atoms with Gasteiger partial charge in [-0.1, -0.05) is 12.1 Å². The minimum Gasteiger partial charge on any atom is -0.378 e. The molecule has 2 heterocycles. The van der Waals surface area contributed by atoms with Crippen molar-refractivity contribution in [2.45, 2.75) is 13.1 Å². The monoisotopic (exact) mass is 441 g/mol. The number of morpholine rings is 1. The first kappa shape index (κ1) is 21.8. The second-order valence-electron chi connectivity index (χ2n) is 7.59. The minimum absolute atomic E-state index is 0.0575. The summed E-state index contributed by atoms with van der Waals surface area (Å²) in [5.74, 6) is -0.605. The number of aryl methyl sites for hydroxylation is 1. The van der Waals surface area contributed by atoms with Gasteiger partial charge in [0.2, 0.25) is 0 Å². The molecule has 166 valence electrons. The summed E-state index contributed by atoms with van der Waals surface area (Å²) in [6.07, 6.45) is -0.945. The van der Waals surface area contributed by atoms with Crippen LogP contribution in [-0.2, 0) is 10.9 Å². The number of carbonyl (C=O) groups excluding carboxylic acids is 1. The number of hydrogen-bond donors (Lipinski definition) is 1. The highest BCUT2D eigenvalue weighted by molar-refractivity contribution is 6.04. The normalized spacial score (nSPS) is 14.3. The van der Waals surface area contributed by atoms with Gasteiger partial charge >= 0.3 is 6.18 Å². The quantitative estimate of drug-likeness (QED) is 0.607. The number of rotatable bonds is 4. The molecule has 0 unspecified atom stereocenters. The van der Waals surface area contributed by atoms with Crippen LogP contribution in [0.25, 0.3) is 11.1 Å². The largest absolute Gasteiger partial charge is 0.416 e. The zero-order valence-electron chi connectivity index (χ0n) is 17.4. The fourth-order valence-electron chi connectivity index (χ4n) is 3.62. The Kier molecular flexibility index (Phi) is 6.14. The van der Waals surface area contributed by atoms with Gasteiger partial charge < -0.3 is 15.0 Å². The van der Waals surface area contributed by atoms with Gasteiger partial charge in [0.05, 0.1) is 30.7 Å². The molecule has 0 atom stereocenters. The van der Waals surface area contributed by atoms with E-state index in [0.29, 0.717) is 18.9 Å². The molecule has 1 aliphatic rings. The second kappa shape index (κ2) is 9.00. The number of halogens is 3. The van der Waals surface area contributed by atoms with E-state index in [2.05, 4.69) is 15.2 Å². The van der Waals surface area contributed by atoms with Crippen LogP contribution in [0.15, 0.2) is 60.9 Å². The lowest BCUT2D eigenvalue weighted by Crippen LogP contribution is -2.36. The molecule has 0 bridgehead atoms. The van der Waals surface area contributed by atoms with Crippen LogP contribution in [0, 0.1) is 6.92 Å². The van der Waals surface area contributed by atoms with Crippen molar-refractivity contribution in [2.75, 3.05) is 36.5 Å². The van der Waals surface area contributed by atoms with Crippen LogP contribution in [0.1, 0.15) is 21.5 Å². The molecule has 0 saturated carbocycles. The molecule has 1 N–H and O–H groups in total. The van der Waals surface area contributed by atoms with Crippen LogP contribution in [0.3, 0.4) is 0 Å². The zero-order valence-corrected chi connectivity index (χ0v) is 17.4. The van der Waals surface area contributed by atoms with E-state index in [9.17, 15) is 18.0 Å². The smallest absolute Gasteiger partial charge is 0.378 e. The number of alkyl halides is 3. The predicted octanol–water partition coefficient (Wildman–Crippen LogP) is 5.16. The Bertz CT molecular complexity index is 1130. The molecule has 5 nitrogen and oxygen atoms in total. The first-order chi connectivity index (χ1) is 15.3. The summed E-state index contributed by atoms with van der Waals surface area (Å²) in [7, 11) is 0. The molecule has 0 aliphatic carbocycles. The SMILES string of the molecule is Cc1ccc(NC(=O)c2cccc(C(F)(F)F)c2)cc1-c1cncc(N2CCOCC2)c1. The third-order valence-electron chi connectivity index (χ3n) is 5.36. The van der Waals surface area contributed by atoms with Gasteiger partial charge in [0.25, 0.3) is 5.91 Å². The van der Waals surface area contributed by atoms with Gasteiger partial charge in [-0.3, -0.25) is 9.78 Å². The first-order valence-electron chi connectivity index (χ1n) is 10.2. The molecule has 1 aliphatic heterocycles. The Hall–Kier alpha value is -3.39. The van der Waals surface area contributed by atoms with Crippen LogP contribution >= 0.6 is 0 Å². The van der Waals surface area contributed by atoms with Gasteiger partial charge in [-0.2, -0.15) is 13.2 Å². The summed E-state index contributed by atoms with van der Waals surface area (Å²) in [5, 5.41) is 2.70. The van der Waals surface area contributed by atoms with E-state index >= 15 is 0 Å². The van der Waals surface area contributed by atoms with Crippen LogP contribution < -0.4 is 10.2 Å². The molecular weight excluding hydrogens is 419 g/mol. The number of anilines is 2. The standard InChI is InChI=1S/C24H22F3N3O2/c1-16-5-6-20(29-23(31)17-3-2-4-19(11-17)24(25,26)27)13-22(16)18-12-21(15-28-14-18)30-7-9-32-10-8-30/h2-6,11-15H,7-10H2,1H3,(H,29,31). The van der Waals surface area contributed by atoms with Crippen LogP contribution in [-0.4, -0.2) is 37.2 Å². The Morgan fingerprint density at radius 3 is 2.59 bits per heavy atom. The molecule has 32 heavy (non-hydrogen) atoms. The molecule has 1 fully saturated rings. The minimum atomic E-state index is -4.51. The van der Waals surface area contributed by atoms with Gasteiger partial charge in [0.1, 0.15) is 0 Å². The summed E-state index contributed by atoms with van der Waals surface area (Å²) >= 11 is 0. The number of ether oxygens (including phenoxy) is 1. The summed E-state index contributed by atoms with van der Waals surface area (Å²) < 4.78 is 44.3. The Labute approximate surface area is 183 Å². The number of hydrogen-bond acceptors (Lipinski definition) is 4. The summed E-state index contributed by atoms with van der Waals surface area (Å²) in [4.78, 5) is 19.2.